The number of hydrogen-bond donors (Lipinski definition) is 0. The predicted octanol–water partition coefficient (Wildman–Crippen LogP) is 12.7. The average molecular weight is 741 g/mol. The second-order valence-corrected chi connectivity index (χ2v) is 15.0. The first-order valence-corrected chi connectivity index (χ1v) is 19.5. The largest absolute Gasteiger partial charge is 0.456 e. The van der Waals surface area contributed by atoms with Gasteiger partial charge in [-0.05, 0) is 99.1 Å². The Morgan fingerprint density at radius 2 is 1.14 bits per heavy atom. The van der Waals surface area contributed by atoms with E-state index in [1.165, 1.54) is 38.9 Å². The molecule has 2 aliphatic rings. The summed E-state index contributed by atoms with van der Waals surface area (Å²) in [5.41, 5.74) is 17.2. The number of nitrogens with zero attached hydrogens (tertiary/aromatic N) is 4. The maximum absolute atomic E-state index is 6.50. The molecule has 270 valence electrons. The van der Waals surface area contributed by atoms with Gasteiger partial charge in [0.05, 0.1) is 22.5 Å². The molecule has 1 unspecified atom stereocenters. The lowest BCUT2D eigenvalue weighted by Crippen LogP contribution is -2.30. The molecule has 0 N–H and O–H groups in total. The topological polar surface area (TPSA) is 64.7 Å². The number of hydrogen-bond acceptors (Lipinski definition) is 5. The third kappa shape index (κ3) is 4.83. The Morgan fingerprint density at radius 3 is 1.98 bits per heavy atom. The predicted molar refractivity (Wildman–Crippen MR) is 233 cm³/mol. The number of pyridine rings is 2. The Hall–Kier alpha value is -7.76. The SMILES string of the molecule is C1=Cc2ccc(-c3cc(-c4ccc(-c5cccnc5)nc4)nc(-c4ccccc4)n3)cc2C2(c3ccccc31)c1ccccc1-c1cc3oc4ccccc4c3cc12. The fourth-order valence-corrected chi connectivity index (χ4v) is 9.26. The van der Waals surface area contributed by atoms with Gasteiger partial charge in [-0.2, -0.15) is 0 Å². The molecule has 0 saturated heterocycles. The first kappa shape index (κ1) is 32.5. The van der Waals surface area contributed by atoms with Gasteiger partial charge in [-0.15, -0.1) is 0 Å². The Balaban J connectivity index is 1.11. The highest BCUT2D eigenvalue weighted by Crippen LogP contribution is 2.59. The molecule has 0 radical (unpaired) electrons. The first-order valence-electron chi connectivity index (χ1n) is 19.5. The van der Waals surface area contributed by atoms with Crippen LogP contribution in [0.3, 0.4) is 0 Å². The molecule has 0 amide bonds. The molecule has 5 heteroatoms. The van der Waals surface area contributed by atoms with Gasteiger partial charge in [-0.25, -0.2) is 9.97 Å². The molecule has 1 atom stereocenters. The number of benzene rings is 6. The van der Waals surface area contributed by atoms with E-state index < -0.39 is 5.41 Å². The lowest BCUT2D eigenvalue weighted by atomic mass is 9.65. The summed E-state index contributed by atoms with van der Waals surface area (Å²) in [5, 5.41) is 2.23. The Morgan fingerprint density at radius 1 is 0.414 bits per heavy atom. The van der Waals surface area contributed by atoms with Crippen LogP contribution in [0.25, 0.3) is 90.4 Å². The van der Waals surface area contributed by atoms with Crippen LogP contribution in [0.4, 0.5) is 0 Å². The van der Waals surface area contributed by atoms with E-state index >= 15 is 0 Å². The fourth-order valence-electron chi connectivity index (χ4n) is 9.26. The number of para-hydroxylation sites is 1. The van der Waals surface area contributed by atoms with Crippen molar-refractivity contribution in [3.63, 3.8) is 0 Å². The zero-order valence-electron chi connectivity index (χ0n) is 31.2. The zero-order valence-corrected chi connectivity index (χ0v) is 31.2. The van der Waals surface area contributed by atoms with Crippen LogP contribution in [0.5, 0.6) is 0 Å². The van der Waals surface area contributed by atoms with Crippen molar-refractivity contribution in [2.24, 2.45) is 0 Å². The Labute approximate surface area is 334 Å². The van der Waals surface area contributed by atoms with Crippen LogP contribution in [0.2, 0.25) is 0 Å². The lowest BCUT2D eigenvalue weighted by molar-refractivity contribution is 0.668. The van der Waals surface area contributed by atoms with Gasteiger partial charge in [-0.1, -0.05) is 121 Å². The summed E-state index contributed by atoms with van der Waals surface area (Å²) in [5.74, 6) is 0.658. The fraction of sp³-hybridized carbons (Fsp3) is 0.0189. The van der Waals surface area contributed by atoms with Crippen LogP contribution < -0.4 is 0 Å². The van der Waals surface area contributed by atoms with Crippen LogP contribution in [0.1, 0.15) is 33.4 Å². The molecule has 6 aromatic carbocycles. The van der Waals surface area contributed by atoms with Crippen molar-refractivity contribution in [1.29, 1.82) is 0 Å². The Kier molecular flexibility index (Phi) is 7.07. The summed E-state index contributed by atoms with van der Waals surface area (Å²) in [4.78, 5) is 19.5. The standard InChI is InChI=1S/C53H32N4O/c1-2-12-35(13-3-1)52-56-48(30-49(57-52)38-24-25-47(55-32-38)37-14-10-26-54-31-37)36-23-22-34-21-20-33-11-4-7-17-43(33)53(45(34)27-36)44-18-8-5-15-39(44)41-29-51-42(28-46(41)53)40-16-6-9-19-50(40)58-51/h1-32H. The molecule has 4 aromatic heterocycles. The van der Waals surface area contributed by atoms with E-state index in [1.54, 1.807) is 6.20 Å². The minimum atomic E-state index is -0.631. The van der Waals surface area contributed by atoms with Gasteiger partial charge in [-0.3, -0.25) is 9.97 Å². The minimum absolute atomic E-state index is 0.631. The summed E-state index contributed by atoms with van der Waals surface area (Å²) in [6.45, 7) is 0. The number of fused-ring (bicyclic) bond motifs is 12. The van der Waals surface area contributed by atoms with Crippen molar-refractivity contribution < 1.29 is 4.42 Å². The van der Waals surface area contributed by atoms with Crippen molar-refractivity contribution in [1.82, 2.24) is 19.9 Å². The van der Waals surface area contributed by atoms with Crippen molar-refractivity contribution in [2.45, 2.75) is 5.41 Å². The quantitative estimate of drug-likeness (QED) is 0.180. The molecule has 0 bridgehead atoms. The average Bonchev–Trinajstić information content (AvgIpc) is 3.75. The number of rotatable bonds is 4. The van der Waals surface area contributed by atoms with E-state index in [0.717, 1.165) is 66.8 Å². The second kappa shape index (κ2) is 12.6. The summed E-state index contributed by atoms with van der Waals surface area (Å²) in [6.07, 6.45) is 10.0. The van der Waals surface area contributed by atoms with Gasteiger partial charge in [0.25, 0.3) is 0 Å². The van der Waals surface area contributed by atoms with Gasteiger partial charge in [0, 0.05) is 51.6 Å². The van der Waals surface area contributed by atoms with Crippen molar-refractivity contribution >= 4 is 34.1 Å². The molecule has 5 nitrogen and oxygen atoms in total. The molecule has 4 heterocycles. The van der Waals surface area contributed by atoms with E-state index in [2.05, 4.69) is 138 Å². The molecule has 58 heavy (non-hydrogen) atoms. The van der Waals surface area contributed by atoms with Crippen LogP contribution >= 0.6 is 0 Å². The summed E-state index contributed by atoms with van der Waals surface area (Å²) in [7, 11) is 0. The van der Waals surface area contributed by atoms with Crippen molar-refractivity contribution in [2.75, 3.05) is 0 Å². The second-order valence-electron chi connectivity index (χ2n) is 15.0. The third-order valence-corrected chi connectivity index (χ3v) is 11.9. The van der Waals surface area contributed by atoms with E-state index in [-0.39, 0.29) is 0 Å². The van der Waals surface area contributed by atoms with Gasteiger partial charge < -0.3 is 4.42 Å². The van der Waals surface area contributed by atoms with Gasteiger partial charge >= 0.3 is 0 Å². The molecule has 2 aliphatic carbocycles. The maximum Gasteiger partial charge on any atom is 0.160 e. The minimum Gasteiger partial charge on any atom is -0.456 e. The van der Waals surface area contributed by atoms with Crippen LogP contribution in [0, 0.1) is 0 Å². The molecule has 0 fully saturated rings. The highest BCUT2D eigenvalue weighted by molar-refractivity contribution is 6.08. The van der Waals surface area contributed by atoms with E-state index in [1.807, 2.05) is 54.9 Å². The van der Waals surface area contributed by atoms with Crippen molar-refractivity contribution in [3.05, 3.63) is 216 Å². The maximum atomic E-state index is 6.50. The highest BCUT2D eigenvalue weighted by Gasteiger charge is 2.49. The monoisotopic (exact) mass is 740 g/mol. The van der Waals surface area contributed by atoms with E-state index in [4.69, 9.17) is 19.4 Å². The number of aromatic nitrogens is 4. The van der Waals surface area contributed by atoms with Gasteiger partial charge in [0.15, 0.2) is 5.82 Å². The molecule has 1 spiro atoms. The molecular formula is C53H32N4O. The molecule has 0 aliphatic heterocycles. The van der Waals surface area contributed by atoms with Gasteiger partial charge in [0.2, 0.25) is 0 Å². The van der Waals surface area contributed by atoms with Crippen molar-refractivity contribution in [3.8, 4) is 56.3 Å². The number of furan rings is 1. The molecule has 10 aromatic rings. The summed E-state index contributed by atoms with van der Waals surface area (Å²) < 4.78 is 6.50. The normalized spacial score (nSPS) is 14.9. The third-order valence-electron chi connectivity index (χ3n) is 11.9. The van der Waals surface area contributed by atoms with Crippen LogP contribution in [-0.2, 0) is 5.41 Å². The summed E-state index contributed by atoms with van der Waals surface area (Å²) in [6, 6.07) is 57.9. The smallest absolute Gasteiger partial charge is 0.160 e. The van der Waals surface area contributed by atoms with Gasteiger partial charge in [0.1, 0.15) is 11.2 Å². The van der Waals surface area contributed by atoms with E-state index in [0.29, 0.717) is 5.82 Å². The van der Waals surface area contributed by atoms with Crippen LogP contribution in [-0.4, -0.2) is 19.9 Å². The highest BCUT2D eigenvalue weighted by atomic mass is 16.3. The summed E-state index contributed by atoms with van der Waals surface area (Å²) >= 11 is 0. The molecular weight excluding hydrogens is 709 g/mol. The van der Waals surface area contributed by atoms with E-state index in [9.17, 15) is 0 Å². The Bertz CT molecular complexity index is 3280. The molecule has 12 rings (SSSR count). The van der Waals surface area contributed by atoms with Crippen LogP contribution in [0.15, 0.2) is 187 Å². The zero-order chi connectivity index (χ0) is 38.2. The first-order chi connectivity index (χ1) is 28.7. The molecule has 0 saturated carbocycles. The lowest BCUT2D eigenvalue weighted by Gasteiger charge is -2.35.